The van der Waals surface area contributed by atoms with E-state index in [-0.39, 0.29) is 22.9 Å². The van der Waals surface area contributed by atoms with Gasteiger partial charge in [-0.25, -0.2) is 13.1 Å². The number of rotatable bonds is 5. The number of nitriles is 1. The molecule has 2 rings (SSSR count). The number of nitrogens with one attached hydrogen (secondary N) is 1. The predicted molar refractivity (Wildman–Crippen MR) is 73.3 cm³/mol. The topological polar surface area (TPSA) is 107 Å². The number of carboxylic acids is 1. The van der Waals surface area contributed by atoms with Crippen molar-refractivity contribution < 1.29 is 18.3 Å². The first-order chi connectivity index (χ1) is 9.33. The summed E-state index contributed by atoms with van der Waals surface area (Å²) in [6, 6.07) is 6.06. The highest BCUT2D eigenvalue weighted by Crippen LogP contribution is 2.38. The van der Waals surface area contributed by atoms with E-state index in [1.54, 1.807) is 0 Å². The Morgan fingerprint density at radius 2 is 2.20 bits per heavy atom. The molecule has 0 heterocycles. The summed E-state index contributed by atoms with van der Waals surface area (Å²) in [5.74, 6) is -1.52. The fraction of sp³-hybridized carbons (Fsp3) is 0.333. The molecular formula is C12H11BrN2O4S. The minimum absolute atomic E-state index is 0.0176. The van der Waals surface area contributed by atoms with E-state index in [9.17, 15) is 13.2 Å². The maximum Gasteiger partial charge on any atom is 0.306 e. The van der Waals surface area contributed by atoms with E-state index in [1.807, 2.05) is 6.07 Å². The van der Waals surface area contributed by atoms with Crippen LogP contribution in [0.2, 0.25) is 0 Å². The molecule has 1 saturated carbocycles. The maximum absolute atomic E-state index is 12.1. The summed E-state index contributed by atoms with van der Waals surface area (Å²) in [6.45, 7) is 0.0910. The van der Waals surface area contributed by atoms with E-state index in [2.05, 4.69) is 20.7 Å². The van der Waals surface area contributed by atoms with Gasteiger partial charge in [0.25, 0.3) is 0 Å². The molecule has 0 spiro atoms. The zero-order chi connectivity index (χ0) is 14.9. The third-order valence-corrected chi connectivity index (χ3v) is 4.95. The van der Waals surface area contributed by atoms with Gasteiger partial charge < -0.3 is 5.11 Å². The number of nitrogens with zero attached hydrogens (tertiary/aromatic N) is 1. The van der Waals surface area contributed by atoms with Crippen LogP contribution in [-0.2, 0) is 14.8 Å². The van der Waals surface area contributed by atoms with Crippen LogP contribution in [0.25, 0.3) is 0 Å². The number of carbonyl (C=O) groups is 1. The molecule has 1 aliphatic carbocycles. The zero-order valence-electron chi connectivity index (χ0n) is 10.2. The Labute approximate surface area is 124 Å². The second-order valence-electron chi connectivity index (χ2n) is 4.58. The minimum atomic E-state index is -3.74. The Hall–Kier alpha value is -1.43. The molecule has 2 atom stereocenters. The van der Waals surface area contributed by atoms with Crippen molar-refractivity contribution in [1.29, 1.82) is 5.26 Å². The molecule has 0 aliphatic heterocycles. The molecule has 20 heavy (non-hydrogen) atoms. The van der Waals surface area contributed by atoms with Crippen molar-refractivity contribution in [2.45, 2.75) is 11.3 Å². The molecule has 106 valence electrons. The minimum Gasteiger partial charge on any atom is -0.481 e. The van der Waals surface area contributed by atoms with Gasteiger partial charge in [0, 0.05) is 11.0 Å². The van der Waals surface area contributed by atoms with Crippen molar-refractivity contribution >= 4 is 31.9 Å². The molecule has 0 amide bonds. The monoisotopic (exact) mass is 358 g/mol. The fourth-order valence-electron chi connectivity index (χ4n) is 1.86. The number of sulfonamides is 1. The van der Waals surface area contributed by atoms with Crippen molar-refractivity contribution in [3.63, 3.8) is 0 Å². The van der Waals surface area contributed by atoms with Crippen LogP contribution in [0.15, 0.2) is 27.6 Å². The number of hydrogen-bond donors (Lipinski definition) is 2. The lowest BCUT2D eigenvalue weighted by atomic mass is 10.2. The Kier molecular flexibility index (Phi) is 4.13. The summed E-state index contributed by atoms with van der Waals surface area (Å²) in [7, 11) is -3.74. The lowest BCUT2D eigenvalue weighted by Gasteiger charge is -2.07. The van der Waals surface area contributed by atoms with Crippen LogP contribution in [-0.4, -0.2) is 26.0 Å². The second kappa shape index (κ2) is 5.52. The SMILES string of the molecule is N#Cc1cc(Br)cc(S(=O)(=O)NC[C@@H]2C[C@H]2C(=O)O)c1. The largest absolute Gasteiger partial charge is 0.481 e. The molecule has 0 aromatic heterocycles. The highest BCUT2D eigenvalue weighted by atomic mass is 79.9. The average Bonchev–Trinajstić information content (AvgIpc) is 3.15. The van der Waals surface area contributed by atoms with Crippen molar-refractivity contribution in [3.05, 3.63) is 28.2 Å². The number of halogens is 1. The molecule has 0 saturated heterocycles. The summed E-state index contributed by atoms with van der Waals surface area (Å²) in [5.41, 5.74) is 0.231. The van der Waals surface area contributed by atoms with Crippen LogP contribution in [0.4, 0.5) is 0 Å². The van der Waals surface area contributed by atoms with Crippen LogP contribution in [0.5, 0.6) is 0 Å². The number of aliphatic carboxylic acids is 1. The van der Waals surface area contributed by atoms with Crippen molar-refractivity contribution in [2.24, 2.45) is 11.8 Å². The van der Waals surface area contributed by atoms with Crippen LogP contribution in [0.1, 0.15) is 12.0 Å². The lowest BCUT2D eigenvalue weighted by molar-refractivity contribution is -0.138. The first-order valence-corrected chi connectivity index (χ1v) is 8.04. The summed E-state index contributed by atoms with van der Waals surface area (Å²) in [5, 5.41) is 17.6. The Balaban J connectivity index is 2.10. The van der Waals surface area contributed by atoms with Gasteiger partial charge in [-0.05, 0) is 30.5 Å². The lowest BCUT2D eigenvalue weighted by Crippen LogP contribution is -2.26. The van der Waals surface area contributed by atoms with Gasteiger partial charge in [0.2, 0.25) is 10.0 Å². The summed E-state index contributed by atoms with van der Waals surface area (Å²) < 4.78 is 27.0. The Morgan fingerprint density at radius 1 is 1.50 bits per heavy atom. The van der Waals surface area contributed by atoms with Crippen LogP contribution in [0, 0.1) is 23.2 Å². The first kappa shape index (κ1) is 15.0. The smallest absolute Gasteiger partial charge is 0.306 e. The number of carboxylic acid groups (broad SMARTS) is 1. The maximum atomic E-state index is 12.1. The molecule has 1 fully saturated rings. The van der Waals surface area contributed by atoms with Gasteiger partial charge in [-0.15, -0.1) is 0 Å². The molecule has 1 aliphatic rings. The van der Waals surface area contributed by atoms with Gasteiger partial charge in [-0.2, -0.15) is 5.26 Å². The molecule has 6 nitrogen and oxygen atoms in total. The van der Waals surface area contributed by atoms with E-state index >= 15 is 0 Å². The zero-order valence-corrected chi connectivity index (χ0v) is 12.6. The predicted octanol–water partition coefficient (Wildman–Crippen LogP) is 1.32. The van der Waals surface area contributed by atoms with Crippen LogP contribution < -0.4 is 4.72 Å². The summed E-state index contributed by atoms with van der Waals surface area (Å²) >= 11 is 3.15. The molecule has 0 radical (unpaired) electrons. The fourth-order valence-corrected chi connectivity index (χ4v) is 3.67. The Bertz CT molecular complexity index is 696. The van der Waals surface area contributed by atoms with Crippen LogP contribution in [0.3, 0.4) is 0 Å². The molecular weight excluding hydrogens is 348 g/mol. The van der Waals surface area contributed by atoms with E-state index in [0.717, 1.165) is 0 Å². The molecule has 0 bridgehead atoms. The highest BCUT2D eigenvalue weighted by Gasteiger charge is 2.43. The quantitative estimate of drug-likeness (QED) is 0.825. The summed E-state index contributed by atoms with van der Waals surface area (Å²) in [4.78, 5) is 10.7. The molecule has 0 unspecified atom stereocenters. The second-order valence-corrected chi connectivity index (χ2v) is 7.26. The number of benzene rings is 1. The third-order valence-electron chi connectivity index (χ3n) is 3.09. The van der Waals surface area contributed by atoms with E-state index in [0.29, 0.717) is 10.9 Å². The molecule has 2 N–H and O–H groups in total. The summed E-state index contributed by atoms with van der Waals surface area (Å²) in [6.07, 6.45) is 0.486. The number of hydrogen-bond acceptors (Lipinski definition) is 4. The third kappa shape index (κ3) is 3.36. The van der Waals surface area contributed by atoms with Gasteiger partial charge in [0.15, 0.2) is 0 Å². The first-order valence-electron chi connectivity index (χ1n) is 5.76. The standard InChI is InChI=1S/C12H11BrN2O4S/c13-9-1-7(5-14)2-10(4-9)20(18,19)15-6-8-3-11(8)12(16)17/h1-2,4,8,11,15H,3,6H2,(H,16,17)/t8-,11+/m0/s1. The van der Waals surface area contributed by atoms with Crippen LogP contribution >= 0.6 is 15.9 Å². The van der Waals surface area contributed by atoms with Gasteiger partial charge >= 0.3 is 5.97 Å². The van der Waals surface area contributed by atoms with Crippen molar-refractivity contribution in [3.8, 4) is 6.07 Å². The molecule has 1 aromatic rings. The normalized spacial score (nSPS) is 21.2. The van der Waals surface area contributed by atoms with Gasteiger partial charge in [0.05, 0.1) is 22.4 Å². The van der Waals surface area contributed by atoms with Crippen molar-refractivity contribution in [1.82, 2.24) is 4.72 Å². The van der Waals surface area contributed by atoms with E-state index < -0.39 is 21.9 Å². The van der Waals surface area contributed by atoms with E-state index in [1.165, 1.54) is 18.2 Å². The van der Waals surface area contributed by atoms with Crippen molar-refractivity contribution in [2.75, 3.05) is 6.54 Å². The van der Waals surface area contributed by atoms with Gasteiger partial charge in [-0.3, -0.25) is 4.79 Å². The molecule has 1 aromatic carbocycles. The van der Waals surface area contributed by atoms with E-state index in [4.69, 9.17) is 10.4 Å². The van der Waals surface area contributed by atoms with Gasteiger partial charge in [-0.1, -0.05) is 15.9 Å². The highest BCUT2D eigenvalue weighted by molar-refractivity contribution is 9.10. The molecule has 8 heteroatoms. The average molecular weight is 359 g/mol. The van der Waals surface area contributed by atoms with Gasteiger partial charge in [0.1, 0.15) is 0 Å². The Morgan fingerprint density at radius 3 is 2.75 bits per heavy atom.